The van der Waals surface area contributed by atoms with Crippen molar-refractivity contribution in [1.29, 1.82) is 0 Å². The molecule has 1 fully saturated rings. The molecule has 2 aromatic heterocycles. The van der Waals surface area contributed by atoms with E-state index in [-0.39, 0.29) is 12.0 Å². The fourth-order valence-corrected chi connectivity index (χ4v) is 3.80. The van der Waals surface area contributed by atoms with Crippen LogP contribution >= 0.6 is 0 Å². The van der Waals surface area contributed by atoms with Crippen LogP contribution in [0.25, 0.3) is 0 Å². The molecule has 1 atom stereocenters. The molecule has 1 saturated heterocycles. The second-order valence-electron chi connectivity index (χ2n) is 7.59. The van der Waals surface area contributed by atoms with Gasteiger partial charge < -0.3 is 19.7 Å². The van der Waals surface area contributed by atoms with Crippen molar-refractivity contribution in [2.75, 3.05) is 43.1 Å². The molecule has 4 heterocycles. The molecule has 0 radical (unpaired) electrons. The van der Waals surface area contributed by atoms with Crippen molar-refractivity contribution in [2.24, 2.45) is 0 Å². The van der Waals surface area contributed by atoms with Crippen LogP contribution in [0.4, 0.5) is 11.6 Å². The Hall–Kier alpha value is -2.51. The van der Waals surface area contributed by atoms with E-state index in [1.165, 1.54) is 0 Å². The molecule has 7 nitrogen and oxygen atoms in total. The zero-order chi connectivity index (χ0) is 20.2. The SMILES string of the molecule is CC[C@@H]1CN(c2cc(C(=O)Nc3ccc(C)cn3)c3c(n2)CCOCC3)CCO1. The third kappa shape index (κ3) is 4.57. The van der Waals surface area contributed by atoms with Gasteiger partial charge in [0.1, 0.15) is 11.6 Å². The summed E-state index contributed by atoms with van der Waals surface area (Å²) in [5, 5.41) is 2.94. The van der Waals surface area contributed by atoms with Gasteiger partial charge in [0.25, 0.3) is 5.91 Å². The van der Waals surface area contributed by atoms with Crippen LogP contribution in [-0.4, -0.2) is 54.9 Å². The Labute approximate surface area is 171 Å². The minimum atomic E-state index is -0.150. The van der Waals surface area contributed by atoms with Gasteiger partial charge in [0.2, 0.25) is 0 Å². The molecule has 29 heavy (non-hydrogen) atoms. The molecular weight excluding hydrogens is 368 g/mol. The standard InChI is InChI=1S/C22H28N4O3/c1-3-16-14-26(8-11-29-16)21-12-18(17-6-9-28-10-7-19(17)24-21)22(27)25-20-5-4-15(2)13-23-20/h4-5,12-13,16H,3,6-11,14H2,1-2H3,(H,23,25,27)/t16-/m1/s1. The first-order valence-corrected chi connectivity index (χ1v) is 10.3. The highest BCUT2D eigenvalue weighted by Gasteiger charge is 2.25. The lowest BCUT2D eigenvalue weighted by atomic mass is 10.0. The number of aryl methyl sites for hydroxylation is 1. The summed E-state index contributed by atoms with van der Waals surface area (Å²) in [5.74, 6) is 1.24. The van der Waals surface area contributed by atoms with Gasteiger partial charge >= 0.3 is 0 Å². The average molecular weight is 396 g/mol. The number of carbonyl (C=O) groups is 1. The fourth-order valence-electron chi connectivity index (χ4n) is 3.80. The van der Waals surface area contributed by atoms with E-state index < -0.39 is 0 Å². The fraction of sp³-hybridized carbons (Fsp3) is 0.500. The van der Waals surface area contributed by atoms with Gasteiger partial charge in [-0.25, -0.2) is 9.97 Å². The number of anilines is 2. The Morgan fingerprint density at radius 2 is 2.14 bits per heavy atom. The number of amides is 1. The predicted octanol–water partition coefficient (Wildman–Crippen LogP) is 2.77. The smallest absolute Gasteiger partial charge is 0.257 e. The largest absolute Gasteiger partial charge is 0.381 e. The van der Waals surface area contributed by atoms with E-state index >= 15 is 0 Å². The van der Waals surface area contributed by atoms with Crippen molar-refractivity contribution in [3.63, 3.8) is 0 Å². The quantitative estimate of drug-likeness (QED) is 0.856. The second kappa shape index (κ2) is 8.88. The van der Waals surface area contributed by atoms with Crippen molar-refractivity contribution >= 4 is 17.5 Å². The lowest BCUT2D eigenvalue weighted by Crippen LogP contribution is -2.42. The first kappa shape index (κ1) is 19.8. The highest BCUT2D eigenvalue weighted by atomic mass is 16.5. The Kier molecular flexibility index (Phi) is 6.06. The molecular formula is C22H28N4O3. The lowest BCUT2D eigenvalue weighted by molar-refractivity contribution is 0.0381. The summed E-state index contributed by atoms with van der Waals surface area (Å²) in [7, 11) is 0. The molecule has 2 aliphatic heterocycles. The van der Waals surface area contributed by atoms with Gasteiger partial charge in [0, 0.05) is 37.0 Å². The van der Waals surface area contributed by atoms with E-state index in [9.17, 15) is 4.79 Å². The molecule has 0 unspecified atom stereocenters. The van der Waals surface area contributed by atoms with Crippen molar-refractivity contribution in [3.8, 4) is 0 Å². The summed E-state index contributed by atoms with van der Waals surface area (Å²) in [6.07, 6.45) is 4.31. The van der Waals surface area contributed by atoms with Gasteiger partial charge in [-0.1, -0.05) is 13.0 Å². The normalized spacial score (nSPS) is 19.4. The van der Waals surface area contributed by atoms with Crippen LogP contribution in [-0.2, 0) is 22.3 Å². The van der Waals surface area contributed by atoms with Gasteiger partial charge in [-0.15, -0.1) is 0 Å². The van der Waals surface area contributed by atoms with Crippen LogP contribution in [0.3, 0.4) is 0 Å². The Balaban J connectivity index is 1.67. The van der Waals surface area contributed by atoms with Crippen LogP contribution < -0.4 is 10.2 Å². The molecule has 2 aliphatic rings. The number of rotatable bonds is 4. The minimum Gasteiger partial charge on any atom is -0.381 e. The van der Waals surface area contributed by atoms with Crippen LogP contribution in [0, 0.1) is 6.92 Å². The first-order valence-electron chi connectivity index (χ1n) is 10.3. The van der Waals surface area contributed by atoms with E-state index in [1.54, 1.807) is 6.20 Å². The Morgan fingerprint density at radius 1 is 1.28 bits per heavy atom. The van der Waals surface area contributed by atoms with Crippen LogP contribution in [0.5, 0.6) is 0 Å². The number of nitrogens with zero attached hydrogens (tertiary/aromatic N) is 3. The first-order chi connectivity index (χ1) is 14.1. The predicted molar refractivity (Wildman–Crippen MR) is 112 cm³/mol. The zero-order valence-electron chi connectivity index (χ0n) is 17.1. The van der Waals surface area contributed by atoms with Gasteiger partial charge in [-0.05, 0) is 43.0 Å². The summed E-state index contributed by atoms with van der Waals surface area (Å²) in [4.78, 5) is 24.6. The number of carbonyl (C=O) groups excluding carboxylic acids is 1. The molecule has 0 spiro atoms. The number of hydrogen-bond acceptors (Lipinski definition) is 6. The molecule has 4 rings (SSSR count). The van der Waals surface area contributed by atoms with E-state index in [0.717, 1.165) is 42.1 Å². The number of hydrogen-bond donors (Lipinski definition) is 1. The van der Waals surface area contributed by atoms with E-state index in [2.05, 4.69) is 22.1 Å². The molecule has 0 aromatic carbocycles. The van der Waals surface area contributed by atoms with Crippen molar-refractivity contribution in [2.45, 2.75) is 39.2 Å². The number of ether oxygens (including phenoxy) is 2. The number of aromatic nitrogens is 2. The molecule has 154 valence electrons. The third-order valence-electron chi connectivity index (χ3n) is 5.49. The lowest BCUT2D eigenvalue weighted by Gasteiger charge is -2.34. The van der Waals surface area contributed by atoms with Crippen molar-refractivity contribution < 1.29 is 14.3 Å². The number of morpholine rings is 1. The maximum absolute atomic E-state index is 13.2. The highest BCUT2D eigenvalue weighted by Crippen LogP contribution is 2.26. The van der Waals surface area contributed by atoms with Crippen LogP contribution in [0.1, 0.15) is 40.5 Å². The molecule has 2 aromatic rings. The minimum absolute atomic E-state index is 0.150. The number of nitrogens with one attached hydrogen (secondary N) is 1. The van der Waals surface area contributed by atoms with Gasteiger partial charge in [-0.2, -0.15) is 0 Å². The summed E-state index contributed by atoms with van der Waals surface area (Å²) in [6, 6.07) is 5.68. The second-order valence-corrected chi connectivity index (χ2v) is 7.59. The summed E-state index contributed by atoms with van der Waals surface area (Å²) < 4.78 is 11.4. The van der Waals surface area contributed by atoms with Crippen LogP contribution in [0.2, 0.25) is 0 Å². The van der Waals surface area contributed by atoms with Gasteiger partial charge in [0.15, 0.2) is 0 Å². The molecule has 0 aliphatic carbocycles. The number of fused-ring (bicyclic) bond motifs is 1. The molecule has 0 bridgehead atoms. The Morgan fingerprint density at radius 3 is 2.93 bits per heavy atom. The maximum Gasteiger partial charge on any atom is 0.257 e. The van der Waals surface area contributed by atoms with Crippen molar-refractivity contribution in [1.82, 2.24) is 9.97 Å². The summed E-state index contributed by atoms with van der Waals surface area (Å²) in [5.41, 5.74) is 3.66. The average Bonchev–Trinajstić information content (AvgIpc) is 3.00. The monoisotopic (exact) mass is 396 g/mol. The van der Waals surface area contributed by atoms with E-state index in [0.29, 0.717) is 44.0 Å². The molecule has 1 amide bonds. The zero-order valence-corrected chi connectivity index (χ0v) is 17.1. The molecule has 0 saturated carbocycles. The third-order valence-corrected chi connectivity index (χ3v) is 5.49. The molecule has 7 heteroatoms. The van der Waals surface area contributed by atoms with E-state index in [4.69, 9.17) is 14.5 Å². The highest BCUT2D eigenvalue weighted by molar-refractivity contribution is 6.05. The van der Waals surface area contributed by atoms with Crippen LogP contribution in [0.15, 0.2) is 24.4 Å². The summed E-state index contributed by atoms with van der Waals surface area (Å²) >= 11 is 0. The van der Waals surface area contributed by atoms with Gasteiger partial charge in [-0.3, -0.25) is 4.79 Å². The van der Waals surface area contributed by atoms with E-state index in [1.807, 2.05) is 25.1 Å². The molecule has 1 N–H and O–H groups in total. The van der Waals surface area contributed by atoms with Crippen molar-refractivity contribution in [3.05, 3.63) is 46.8 Å². The number of pyridine rings is 2. The Bertz CT molecular complexity index is 869. The topological polar surface area (TPSA) is 76.6 Å². The maximum atomic E-state index is 13.2. The van der Waals surface area contributed by atoms with Gasteiger partial charge in [0.05, 0.1) is 25.9 Å². The summed E-state index contributed by atoms with van der Waals surface area (Å²) in [6.45, 7) is 7.58.